The first-order valence-corrected chi connectivity index (χ1v) is 6.77. The van der Waals surface area contributed by atoms with Gasteiger partial charge in [0.05, 0.1) is 5.69 Å². The van der Waals surface area contributed by atoms with E-state index in [1.807, 2.05) is 11.0 Å². The summed E-state index contributed by atoms with van der Waals surface area (Å²) >= 11 is 1.35. The van der Waals surface area contributed by atoms with Crippen molar-refractivity contribution in [2.24, 2.45) is 0 Å². The molecule has 2 amide bonds. The maximum atomic E-state index is 11.9. The van der Waals surface area contributed by atoms with E-state index in [1.165, 1.54) is 11.5 Å². The van der Waals surface area contributed by atoms with Gasteiger partial charge in [0, 0.05) is 18.5 Å². The number of carbonyl (C=O) groups is 1. The molecule has 0 bridgehead atoms. The predicted octanol–water partition coefficient (Wildman–Crippen LogP) is 3.07. The van der Waals surface area contributed by atoms with Crippen LogP contribution in [0.25, 0.3) is 0 Å². The zero-order chi connectivity index (χ0) is 12.5. The Labute approximate surface area is 106 Å². The third-order valence-corrected chi connectivity index (χ3v) is 3.61. The number of anilines is 1. The Balaban J connectivity index is 1.99. The van der Waals surface area contributed by atoms with Crippen molar-refractivity contribution < 1.29 is 4.79 Å². The number of hydrogen-bond donors (Lipinski definition) is 1. The van der Waals surface area contributed by atoms with Crippen LogP contribution in [-0.2, 0) is 5.41 Å². The van der Waals surface area contributed by atoms with Crippen molar-refractivity contribution in [3.8, 4) is 0 Å². The fourth-order valence-electron chi connectivity index (χ4n) is 1.79. The van der Waals surface area contributed by atoms with Gasteiger partial charge in [-0.2, -0.15) is 4.37 Å². The van der Waals surface area contributed by atoms with Gasteiger partial charge < -0.3 is 4.90 Å². The van der Waals surface area contributed by atoms with Crippen LogP contribution < -0.4 is 5.32 Å². The molecule has 0 aliphatic carbocycles. The lowest BCUT2D eigenvalue weighted by Gasteiger charge is -2.15. The maximum Gasteiger partial charge on any atom is 0.322 e. The number of amides is 2. The predicted molar refractivity (Wildman–Crippen MR) is 70.6 cm³/mol. The van der Waals surface area contributed by atoms with E-state index in [1.54, 1.807) is 0 Å². The van der Waals surface area contributed by atoms with Gasteiger partial charge in [-0.1, -0.05) is 20.8 Å². The number of rotatable bonds is 1. The average molecular weight is 253 g/mol. The van der Waals surface area contributed by atoms with Crippen molar-refractivity contribution >= 4 is 22.6 Å². The number of aromatic nitrogens is 1. The quantitative estimate of drug-likeness (QED) is 0.836. The Morgan fingerprint density at radius 3 is 2.59 bits per heavy atom. The molecule has 1 saturated heterocycles. The highest BCUT2D eigenvalue weighted by Gasteiger charge is 2.21. The summed E-state index contributed by atoms with van der Waals surface area (Å²) < 4.78 is 4.38. The molecular formula is C12H19N3OS. The van der Waals surface area contributed by atoms with Crippen molar-refractivity contribution in [2.75, 3.05) is 18.4 Å². The van der Waals surface area contributed by atoms with Crippen LogP contribution in [0.15, 0.2) is 6.07 Å². The third-order valence-electron chi connectivity index (χ3n) is 2.90. The van der Waals surface area contributed by atoms with Crippen molar-refractivity contribution in [3.05, 3.63) is 11.8 Å². The number of likely N-dealkylation sites (tertiary alicyclic amines) is 1. The van der Waals surface area contributed by atoms with Crippen LogP contribution in [0.2, 0.25) is 0 Å². The molecule has 1 aliphatic rings. The molecule has 1 aliphatic heterocycles. The minimum Gasteiger partial charge on any atom is -0.325 e. The molecule has 0 radical (unpaired) electrons. The van der Waals surface area contributed by atoms with Crippen LogP contribution in [0.5, 0.6) is 0 Å². The lowest BCUT2D eigenvalue weighted by Crippen LogP contribution is -2.31. The molecule has 0 saturated carbocycles. The Morgan fingerprint density at radius 1 is 1.41 bits per heavy atom. The van der Waals surface area contributed by atoms with Gasteiger partial charge >= 0.3 is 6.03 Å². The van der Waals surface area contributed by atoms with Gasteiger partial charge in [-0.05, 0) is 30.4 Å². The van der Waals surface area contributed by atoms with Crippen molar-refractivity contribution in [2.45, 2.75) is 39.0 Å². The summed E-state index contributed by atoms with van der Waals surface area (Å²) in [4.78, 5) is 13.7. The van der Waals surface area contributed by atoms with E-state index in [2.05, 4.69) is 30.5 Å². The fraction of sp³-hybridized carbons (Fsp3) is 0.667. The first-order valence-electron chi connectivity index (χ1n) is 6.00. The van der Waals surface area contributed by atoms with Crippen LogP contribution in [0.4, 0.5) is 9.80 Å². The summed E-state index contributed by atoms with van der Waals surface area (Å²) in [5.41, 5.74) is 1.06. The topological polar surface area (TPSA) is 45.2 Å². The molecule has 1 aromatic heterocycles. The summed E-state index contributed by atoms with van der Waals surface area (Å²) in [6.07, 6.45) is 2.23. The maximum absolute atomic E-state index is 11.9. The van der Waals surface area contributed by atoms with Crippen LogP contribution in [0.3, 0.4) is 0 Å². The smallest absolute Gasteiger partial charge is 0.322 e. The second kappa shape index (κ2) is 4.64. The number of carbonyl (C=O) groups excluding carboxylic acids is 1. The molecule has 17 heavy (non-hydrogen) atoms. The van der Waals surface area contributed by atoms with Gasteiger partial charge in [0.1, 0.15) is 5.00 Å². The lowest BCUT2D eigenvalue weighted by atomic mass is 9.92. The van der Waals surface area contributed by atoms with Gasteiger partial charge in [0.2, 0.25) is 0 Å². The van der Waals surface area contributed by atoms with E-state index in [0.29, 0.717) is 0 Å². The molecule has 4 nitrogen and oxygen atoms in total. The monoisotopic (exact) mass is 253 g/mol. The zero-order valence-corrected chi connectivity index (χ0v) is 11.4. The van der Waals surface area contributed by atoms with Gasteiger partial charge in [0.15, 0.2) is 0 Å². The molecule has 1 fully saturated rings. The van der Waals surface area contributed by atoms with Crippen LogP contribution in [-0.4, -0.2) is 28.4 Å². The number of hydrogen-bond acceptors (Lipinski definition) is 3. The molecule has 0 unspecified atom stereocenters. The Bertz CT molecular complexity index is 402. The van der Waals surface area contributed by atoms with E-state index < -0.39 is 0 Å². The van der Waals surface area contributed by atoms with E-state index in [-0.39, 0.29) is 11.4 Å². The van der Waals surface area contributed by atoms with Crippen LogP contribution >= 0.6 is 11.5 Å². The molecule has 0 spiro atoms. The molecular weight excluding hydrogens is 234 g/mol. The minimum absolute atomic E-state index is 0.00612. The molecule has 5 heteroatoms. The highest BCUT2D eigenvalue weighted by atomic mass is 32.1. The fourth-order valence-corrected chi connectivity index (χ4v) is 2.61. The minimum atomic E-state index is 0.00612. The van der Waals surface area contributed by atoms with E-state index in [4.69, 9.17) is 0 Å². The van der Waals surface area contributed by atoms with E-state index in [0.717, 1.165) is 36.6 Å². The lowest BCUT2D eigenvalue weighted by molar-refractivity contribution is 0.222. The second-order valence-corrected chi connectivity index (χ2v) is 6.26. The average Bonchev–Trinajstić information content (AvgIpc) is 2.85. The van der Waals surface area contributed by atoms with Crippen molar-refractivity contribution in [3.63, 3.8) is 0 Å². The highest BCUT2D eigenvalue weighted by Crippen LogP contribution is 2.27. The Kier molecular flexibility index (Phi) is 3.38. The van der Waals surface area contributed by atoms with E-state index >= 15 is 0 Å². The van der Waals surface area contributed by atoms with Gasteiger partial charge in [0.25, 0.3) is 0 Å². The van der Waals surface area contributed by atoms with Crippen molar-refractivity contribution in [1.82, 2.24) is 9.27 Å². The summed E-state index contributed by atoms with van der Waals surface area (Å²) in [7, 11) is 0. The van der Waals surface area contributed by atoms with Gasteiger partial charge in [-0.15, -0.1) is 0 Å². The third kappa shape index (κ3) is 2.97. The molecule has 2 heterocycles. The normalized spacial score (nSPS) is 16.3. The molecule has 0 atom stereocenters. The molecule has 1 aromatic rings. The summed E-state index contributed by atoms with van der Waals surface area (Å²) in [6, 6.07) is 1.98. The largest absolute Gasteiger partial charge is 0.325 e. The van der Waals surface area contributed by atoms with Crippen molar-refractivity contribution in [1.29, 1.82) is 0 Å². The van der Waals surface area contributed by atoms with Crippen LogP contribution in [0.1, 0.15) is 39.3 Å². The summed E-state index contributed by atoms with van der Waals surface area (Å²) in [6.45, 7) is 8.10. The van der Waals surface area contributed by atoms with Gasteiger partial charge in [-0.3, -0.25) is 5.32 Å². The number of nitrogens with zero attached hydrogens (tertiary/aromatic N) is 2. The standard InChI is InChI=1S/C12H19N3OS/c1-12(2,3)9-8-10(17-14-9)13-11(16)15-6-4-5-7-15/h8H,4-7H2,1-3H3,(H,13,16). The molecule has 94 valence electrons. The summed E-state index contributed by atoms with van der Waals surface area (Å²) in [5.74, 6) is 0. The number of nitrogens with one attached hydrogen (secondary N) is 1. The Hall–Kier alpha value is -1.10. The SMILES string of the molecule is CC(C)(C)c1cc(NC(=O)N2CCCC2)sn1. The highest BCUT2D eigenvalue weighted by molar-refractivity contribution is 7.10. The molecule has 2 rings (SSSR count). The first-order chi connectivity index (χ1) is 7.97. The summed E-state index contributed by atoms with van der Waals surface area (Å²) in [5, 5.41) is 3.76. The van der Waals surface area contributed by atoms with E-state index in [9.17, 15) is 4.79 Å². The molecule has 1 N–H and O–H groups in total. The second-order valence-electron chi connectivity index (χ2n) is 5.45. The number of urea groups is 1. The van der Waals surface area contributed by atoms with Gasteiger partial charge in [-0.25, -0.2) is 4.79 Å². The Morgan fingerprint density at radius 2 is 2.06 bits per heavy atom. The first kappa shape index (κ1) is 12.4. The zero-order valence-electron chi connectivity index (χ0n) is 10.6. The van der Waals surface area contributed by atoms with Crippen LogP contribution in [0, 0.1) is 0 Å². The molecule has 0 aromatic carbocycles.